The summed E-state index contributed by atoms with van der Waals surface area (Å²) in [4.78, 5) is 12.6. The van der Waals surface area contributed by atoms with Crippen LogP contribution >= 0.6 is 0 Å². The molecule has 3 aromatic rings. The van der Waals surface area contributed by atoms with E-state index in [9.17, 15) is 0 Å². The van der Waals surface area contributed by atoms with Crippen molar-refractivity contribution in [1.82, 2.24) is 24.7 Å². The van der Waals surface area contributed by atoms with Crippen molar-refractivity contribution in [2.24, 2.45) is 5.10 Å². The quantitative estimate of drug-likeness (QED) is 0.305. The smallest absolute Gasteiger partial charge is 0.163 e. The van der Waals surface area contributed by atoms with Crippen LogP contribution in [0.5, 0.6) is 0 Å². The van der Waals surface area contributed by atoms with Crippen molar-refractivity contribution < 1.29 is 4.74 Å². The van der Waals surface area contributed by atoms with Gasteiger partial charge in [-0.3, -0.25) is 10.4 Å². The van der Waals surface area contributed by atoms with E-state index in [1.165, 1.54) is 6.33 Å². The van der Waals surface area contributed by atoms with E-state index in [2.05, 4.69) is 30.6 Å². The second kappa shape index (κ2) is 8.52. The SMILES string of the molecule is C/C=C\C(=C/Cn1ncc2c(N/N=C/c3cccnc3)ncnc21)OC. The molecule has 0 saturated heterocycles. The number of allylic oxidation sites excluding steroid dienone is 3. The first-order chi connectivity index (χ1) is 12.8. The number of nitrogens with zero attached hydrogens (tertiary/aromatic N) is 6. The number of hydrogen-bond donors (Lipinski definition) is 1. The Hall–Kier alpha value is -3.55. The second-order valence-electron chi connectivity index (χ2n) is 5.25. The van der Waals surface area contributed by atoms with Crippen LogP contribution in [0.1, 0.15) is 12.5 Å². The molecule has 132 valence electrons. The fraction of sp³-hybridized carbons (Fsp3) is 0.167. The molecule has 1 N–H and O–H groups in total. The number of rotatable bonds is 7. The van der Waals surface area contributed by atoms with Gasteiger partial charge in [0.1, 0.15) is 12.1 Å². The molecule has 0 unspecified atom stereocenters. The molecular weight excluding hydrogens is 330 g/mol. The lowest BCUT2D eigenvalue weighted by molar-refractivity contribution is 0.304. The Bertz CT molecular complexity index is 945. The van der Waals surface area contributed by atoms with Gasteiger partial charge in [-0.2, -0.15) is 10.2 Å². The van der Waals surface area contributed by atoms with E-state index in [0.717, 1.165) is 16.7 Å². The van der Waals surface area contributed by atoms with Crippen molar-refractivity contribution in [2.75, 3.05) is 12.5 Å². The zero-order valence-corrected chi connectivity index (χ0v) is 14.6. The van der Waals surface area contributed by atoms with Crippen LogP contribution in [0.2, 0.25) is 0 Å². The van der Waals surface area contributed by atoms with E-state index < -0.39 is 0 Å². The monoisotopic (exact) mass is 349 g/mol. The molecule has 0 fully saturated rings. The molecule has 0 aromatic carbocycles. The second-order valence-corrected chi connectivity index (χ2v) is 5.25. The first-order valence-corrected chi connectivity index (χ1v) is 8.04. The topological polar surface area (TPSA) is 90.1 Å². The van der Waals surface area contributed by atoms with Gasteiger partial charge in [-0.1, -0.05) is 12.1 Å². The molecule has 8 nitrogen and oxygen atoms in total. The van der Waals surface area contributed by atoms with Crippen LogP contribution in [0.15, 0.2) is 66.1 Å². The normalized spacial score (nSPS) is 12.3. The van der Waals surface area contributed by atoms with Gasteiger partial charge >= 0.3 is 0 Å². The van der Waals surface area contributed by atoms with Crippen LogP contribution in [0.25, 0.3) is 11.0 Å². The van der Waals surface area contributed by atoms with Crippen molar-refractivity contribution >= 4 is 23.1 Å². The van der Waals surface area contributed by atoms with Crippen LogP contribution in [-0.2, 0) is 11.3 Å². The standard InChI is InChI=1S/C18H19N7O/c1-3-5-15(26-2)7-9-25-18-16(12-23-25)17(20-13-21-18)24-22-11-14-6-4-8-19-10-14/h3-8,10-13H,9H2,1-2H3,(H,20,21,24)/b5-3-,15-7+,22-11+. The van der Waals surface area contributed by atoms with Gasteiger partial charge in [-0.25, -0.2) is 14.6 Å². The maximum Gasteiger partial charge on any atom is 0.163 e. The molecular formula is C18H19N7O. The predicted octanol–water partition coefficient (Wildman–Crippen LogP) is 2.77. The Morgan fingerprint density at radius 3 is 3.04 bits per heavy atom. The lowest BCUT2D eigenvalue weighted by Crippen LogP contribution is -2.01. The minimum Gasteiger partial charge on any atom is -0.497 e. The average molecular weight is 349 g/mol. The highest BCUT2D eigenvalue weighted by Gasteiger charge is 2.08. The number of anilines is 1. The summed E-state index contributed by atoms with van der Waals surface area (Å²) in [5, 5.41) is 9.36. The van der Waals surface area contributed by atoms with Gasteiger partial charge in [0.05, 0.1) is 31.5 Å². The molecule has 3 aromatic heterocycles. The molecule has 0 saturated carbocycles. The van der Waals surface area contributed by atoms with Crippen LogP contribution < -0.4 is 5.43 Å². The number of methoxy groups -OCH3 is 1. The average Bonchev–Trinajstić information content (AvgIpc) is 3.10. The summed E-state index contributed by atoms with van der Waals surface area (Å²) in [6.45, 7) is 2.47. The largest absolute Gasteiger partial charge is 0.497 e. The molecule has 3 rings (SSSR count). The number of hydrogen-bond acceptors (Lipinski definition) is 7. The highest BCUT2D eigenvalue weighted by molar-refractivity contribution is 5.87. The van der Waals surface area contributed by atoms with E-state index in [0.29, 0.717) is 18.0 Å². The maximum atomic E-state index is 5.28. The van der Waals surface area contributed by atoms with Crippen molar-refractivity contribution in [3.8, 4) is 0 Å². The lowest BCUT2D eigenvalue weighted by Gasteiger charge is -2.03. The number of ether oxygens (including phenoxy) is 1. The molecule has 8 heteroatoms. The van der Waals surface area contributed by atoms with Crippen LogP contribution in [-0.4, -0.2) is 38.1 Å². The third kappa shape index (κ3) is 4.10. The molecule has 0 spiro atoms. The fourth-order valence-electron chi connectivity index (χ4n) is 2.30. The Kier molecular flexibility index (Phi) is 5.66. The lowest BCUT2D eigenvalue weighted by atomic mass is 10.3. The highest BCUT2D eigenvalue weighted by Crippen LogP contribution is 2.18. The first kappa shape index (κ1) is 17.3. The highest BCUT2D eigenvalue weighted by atomic mass is 16.5. The summed E-state index contributed by atoms with van der Waals surface area (Å²) in [6, 6.07) is 3.76. The Morgan fingerprint density at radius 2 is 2.27 bits per heavy atom. The third-order valence-electron chi connectivity index (χ3n) is 3.53. The Balaban J connectivity index is 1.79. The van der Waals surface area contributed by atoms with Gasteiger partial charge in [-0.15, -0.1) is 0 Å². The number of nitrogens with one attached hydrogen (secondary N) is 1. The zero-order chi connectivity index (χ0) is 18.2. The number of aromatic nitrogens is 5. The Labute approximate surface area is 151 Å². The van der Waals surface area contributed by atoms with Crippen molar-refractivity contribution in [3.05, 3.63) is 66.6 Å². The van der Waals surface area contributed by atoms with E-state index >= 15 is 0 Å². The summed E-state index contributed by atoms with van der Waals surface area (Å²) in [5.41, 5.74) is 4.54. The van der Waals surface area contributed by atoms with Crippen molar-refractivity contribution in [2.45, 2.75) is 13.5 Å². The van der Waals surface area contributed by atoms with Crippen molar-refractivity contribution in [3.63, 3.8) is 0 Å². The van der Waals surface area contributed by atoms with E-state index in [1.807, 2.05) is 37.3 Å². The van der Waals surface area contributed by atoms with Gasteiger partial charge in [0.25, 0.3) is 0 Å². The van der Waals surface area contributed by atoms with Crippen molar-refractivity contribution in [1.29, 1.82) is 0 Å². The van der Waals surface area contributed by atoms with Gasteiger partial charge in [0, 0.05) is 18.0 Å². The van der Waals surface area contributed by atoms with Gasteiger partial charge in [0.2, 0.25) is 0 Å². The molecule has 0 amide bonds. The summed E-state index contributed by atoms with van der Waals surface area (Å²) < 4.78 is 7.06. The molecule has 3 heterocycles. The summed E-state index contributed by atoms with van der Waals surface area (Å²) in [7, 11) is 1.64. The summed E-state index contributed by atoms with van der Waals surface area (Å²) in [6.07, 6.45) is 14.1. The van der Waals surface area contributed by atoms with Crippen LogP contribution in [0.4, 0.5) is 5.82 Å². The Morgan fingerprint density at radius 1 is 1.35 bits per heavy atom. The summed E-state index contributed by atoms with van der Waals surface area (Å²) in [5.74, 6) is 1.36. The van der Waals surface area contributed by atoms with Gasteiger partial charge in [0.15, 0.2) is 11.5 Å². The minimum atomic E-state index is 0.534. The molecule has 0 radical (unpaired) electrons. The number of pyridine rings is 1. The molecule has 0 atom stereocenters. The fourth-order valence-corrected chi connectivity index (χ4v) is 2.30. The van der Waals surface area contributed by atoms with E-state index in [1.54, 1.807) is 36.6 Å². The van der Waals surface area contributed by atoms with Gasteiger partial charge in [-0.05, 0) is 25.1 Å². The minimum absolute atomic E-state index is 0.534. The number of fused-ring (bicyclic) bond motifs is 1. The van der Waals surface area contributed by atoms with Gasteiger partial charge < -0.3 is 4.74 Å². The molecule has 26 heavy (non-hydrogen) atoms. The molecule has 0 bridgehead atoms. The predicted molar refractivity (Wildman–Crippen MR) is 101 cm³/mol. The van der Waals surface area contributed by atoms with Crippen LogP contribution in [0, 0.1) is 0 Å². The molecule has 0 aliphatic heterocycles. The zero-order valence-electron chi connectivity index (χ0n) is 14.6. The molecule has 0 aliphatic rings. The maximum absolute atomic E-state index is 5.28. The third-order valence-corrected chi connectivity index (χ3v) is 3.53. The van der Waals surface area contributed by atoms with Crippen LogP contribution in [0.3, 0.4) is 0 Å². The first-order valence-electron chi connectivity index (χ1n) is 8.04. The van der Waals surface area contributed by atoms with E-state index in [-0.39, 0.29) is 0 Å². The summed E-state index contributed by atoms with van der Waals surface area (Å²) >= 11 is 0. The molecule has 0 aliphatic carbocycles. The number of hydrazone groups is 1. The van der Waals surface area contributed by atoms with E-state index in [4.69, 9.17) is 4.74 Å².